The number of hydrogen-bond acceptors (Lipinski definition) is 3. The average molecular weight is 268 g/mol. The molecule has 4 nitrogen and oxygen atoms in total. The van der Waals surface area contributed by atoms with Gasteiger partial charge in [0, 0.05) is 19.1 Å². The summed E-state index contributed by atoms with van der Waals surface area (Å²) in [6.45, 7) is 2.21. The summed E-state index contributed by atoms with van der Waals surface area (Å²) in [6, 6.07) is 0.110. The van der Waals surface area contributed by atoms with Crippen molar-refractivity contribution < 1.29 is 9.90 Å². The van der Waals surface area contributed by atoms with Crippen LogP contribution in [-0.4, -0.2) is 47.7 Å². The molecular formula is C15H28N2O2. The first-order valence-corrected chi connectivity index (χ1v) is 7.96. The van der Waals surface area contributed by atoms with Gasteiger partial charge in [-0.2, -0.15) is 0 Å². The van der Waals surface area contributed by atoms with Crippen LogP contribution in [-0.2, 0) is 4.79 Å². The van der Waals surface area contributed by atoms with E-state index >= 15 is 0 Å². The van der Waals surface area contributed by atoms with E-state index in [9.17, 15) is 9.90 Å². The molecule has 1 aliphatic carbocycles. The second-order valence-electron chi connectivity index (χ2n) is 5.99. The van der Waals surface area contributed by atoms with Crippen LogP contribution >= 0.6 is 0 Å². The molecule has 0 spiro atoms. The summed E-state index contributed by atoms with van der Waals surface area (Å²) in [4.78, 5) is 14.2. The zero-order valence-corrected chi connectivity index (χ0v) is 11.9. The Kier molecular flexibility index (Phi) is 6.11. The van der Waals surface area contributed by atoms with Crippen LogP contribution < -0.4 is 5.32 Å². The predicted molar refractivity (Wildman–Crippen MR) is 75.9 cm³/mol. The molecular weight excluding hydrogens is 240 g/mol. The van der Waals surface area contributed by atoms with Crippen molar-refractivity contribution in [2.45, 2.75) is 69.9 Å². The number of hydrogen-bond donors (Lipinski definition) is 2. The normalized spacial score (nSPS) is 29.6. The molecule has 0 bridgehead atoms. The molecule has 2 rings (SSSR count). The Morgan fingerprint density at radius 2 is 1.63 bits per heavy atom. The van der Waals surface area contributed by atoms with Gasteiger partial charge in [-0.3, -0.25) is 4.79 Å². The van der Waals surface area contributed by atoms with Crippen molar-refractivity contribution in [1.29, 1.82) is 0 Å². The molecule has 0 radical (unpaired) electrons. The third-order valence-electron chi connectivity index (χ3n) is 4.45. The first kappa shape index (κ1) is 14.8. The van der Waals surface area contributed by atoms with Gasteiger partial charge in [-0.1, -0.05) is 32.1 Å². The van der Waals surface area contributed by atoms with Gasteiger partial charge in [-0.15, -0.1) is 0 Å². The summed E-state index contributed by atoms with van der Waals surface area (Å²) in [5.74, 6) is 0.207. The molecule has 0 aromatic carbocycles. The van der Waals surface area contributed by atoms with E-state index in [0.29, 0.717) is 6.54 Å². The maximum Gasteiger partial charge on any atom is 0.236 e. The lowest BCUT2D eigenvalue weighted by Gasteiger charge is -2.25. The van der Waals surface area contributed by atoms with E-state index in [1.807, 2.05) is 4.90 Å². The van der Waals surface area contributed by atoms with Crippen molar-refractivity contribution in [2.24, 2.45) is 0 Å². The lowest BCUT2D eigenvalue weighted by atomic mass is 10.1. The number of aliphatic hydroxyl groups is 1. The van der Waals surface area contributed by atoms with Gasteiger partial charge in [0.05, 0.1) is 12.6 Å². The van der Waals surface area contributed by atoms with Gasteiger partial charge in [0.1, 0.15) is 0 Å². The van der Waals surface area contributed by atoms with Crippen molar-refractivity contribution >= 4 is 5.91 Å². The maximum absolute atomic E-state index is 12.2. The number of rotatable bonds is 3. The third kappa shape index (κ3) is 4.77. The molecule has 1 aliphatic heterocycles. The van der Waals surface area contributed by atoms with Crippen molar-refractivity contribution in [3.63, 3.8) is 0 Å². The number of amides is 1. The first-order chi connectivity index (χ1) is 9.27. The molecule has 2 unspecified atom stereocenters. The van der Waals surface area contributed by atoms with E-state index in [1.165, 1.54) is 19.3 Å². The average Bonchev–Trinajstić information content (AvgIpc) is 2.79. The molecule has 1 saturated heterocycles. The third-order valence-corrected chi connectivity index (χ3v) is 4.45. The summed E-state index contributed by atoms with van der Waals surface area (Å²) < 4.78 is 0. The molecule has 1 heterocycles. The standard InChI is InChI=1S/C15H28N2O2/c18-14-9-5-3-4-8-13(14)16-12-15(19)17-10-6-1-2-7-11-17/h13-14,16,18H,1-12H2. The Morgan fingerprint density at radius 1 is 1.00 bits per heavy atom. The Balaban J connectivity index is 1.75. The summed E-state index contributed by atoms with van der Waals surface area (Å²) in [5.41, 5.74) is 0. The number of aliphatic hydroxyl groups excluding tert-OH is 1. The minimum absolute atomic E-state index is 0.110. The van der Waals surface area contributed by atoms with Gasteiger partial charge >= 0.3 is 0 Å². The van der Waals surface area contributed by atoms with Crippen molar-refractivity contribution in [1.82, 2.24) is 10.2 Å². The van der Waals surface area contributed by atoms with Crippen molar-refractivity contribution in [2.75, 3.05) is 19.6 Å². The van der Waals surface area contributed by atoms with Gasteiger partial charge in [0.2, 0.25) is 5.91 Å². The Bertz CT molecular complexity index is 275. The molecule has 2 aliphatic rings. The highest BCUT2D eigenvalue weighted by Gasteiger charge is 2.23. The highest BCUT2D eigenvalue weighted by Crippen LogP contribution is 2.18. The SMILES string of the molecule is O=C(CNC1CCCCCC1O)N1CCCCCC1. The Hall–Kier alpha value is -0.610. The van der Waals surface area contributed by atoms with Crippen LogP contribution in [0.25, 0.3) is 0 Å². The second kappa shape index (κ2) is 7.85. The molecule has 0 aromatic rings. The predicted octanol–water partition coefficient (Wildman–Crippen LogP) is 1.67. The molecule has 2 atom stereocenters. The molecule has 4 heteroatoms. The number of nitrogens with zero attached hydrogens (tertiary/aromatic N) is 1. The number of likely N-dealkylation sites (tertiary alicyclic amines) is 1. The topological polar surface area (TPSA) is 52.6 Å². The number of carbonyl (C=O) groups is 1. The van der Waals surface area contributed by atoms with Gasteiger partial charge in [-0.25, -0.2) is 0 Å². The largest absolute Gasteiger partial charge is 0.392 e. The van der Waals surface area contributed by atoms with Gasteiger partial charge in [0.15, 0.2) is 0 Å². The molecule has 1 amide bonds. The highest BCUT2D eigenvalue weighted by molar-refractivity contribution is 5.78. The second-order valence-corrected chi connectivity index (χ2v) is 5.99. The van der Waals surface area contributed by atoms with E-state index in [4.69, 9.17) is 0 Å². The van der Waals surface area contributed by atoms with Crippen LogP contribution in [0.2, 0.25) is 0 Å². The van der Waals surface area contributed by atoms with Crippen molar-refractivity contribution in [3.05, 3.63) is 0 Å². The molecule has 110 valence electrons. The van der Waals surface area contributed by atoms with Crippen molar-refractivity contribution in [3.8, 4) is 0 Å². The fourth-order valence-electron chi connectivity index (χ4n) is 3.18. The van der Waals surface area contributed by atoms with Crippen LogP contribution in [0.4, 0.5) is 0 Å². The smallest absolute Gasteiger partial charge is 0.236 e. The summed E-state index contributed by atoms with van der Waals surface area (Å²) in [6.07, 6.45) is 9.83. The first-order valence-electron chi connectivity index (χ1n) is 7.96. The Morgan fingerprint density at radius 3 is 2.37 bits per heavy atom. The van der Waals surface area contributed by atoms with E-state index in [0.717, 1.165) is 51.6 Å². The maximum atomic E-state index is 12.2. The lowest BCUT2D eigenvalue weighted by Crippen LogP contribution is -2.46. The molecule has 2 fully saturated rings. The monoisotopic (exact) mass is 268 g/mol. The lowest BCUT2D eigenvalue weighted by molar-refractivity contribution is -0.130. The van der Waals surface area contributed by atoms with Crippen LogP contribution in [0.15, 0.2) is 0 Å². The van der Waals surface area contributed by atoms with Gasteiger partial charge < -0.3 is 15.3 Å². The Labute approximate surface area is 116 Å². The molecule has 0 aromatic heterocycles. The fourth-order valence-corrected chi connectivity index (χ4v) is 3.18. The van der Waals surface area contributed by atoms with Crippen LogP contribution in [0.3, 0.4) is 0 Å². The highest BCUT2D eigenvalue weighted by atomic mass is 16.3. The minimum atomic E-state index is -0.278. The van der Waals surface area contributed by atoms with Gasteiger partial charge in [-0.05, 0) is 25.7 Å². The molecule has 1 saturated carbocycles. The number of carbonyl (C=O) groups excluding carboxylic acids is 1. The van der Waals surface area contributed by atoms with E-state index in [1.54, 1.807) is 0 Å². The summed E-state index contributed by atoms with van der Waals surface area (Å²) in [5, 5.41) is 13.3. The number of nitrogens with one attached hydrogen (secondary N) is 1. The zero-order valence-electron chi connectivity index (χ0n) is 11.9. The van der Waals surface area contributed by atoms with Gasteiger partial charge in [0.25, 0.3) is 0 Å². The van der Waals surface area contributed by atoms with E-state index < -0.39 is 0 Å². The van der Waals surface area contributed by atoms with Crippen LogP contribution in [0, 0.1) is 0 Å². The quantitative estimate of drug-likeness (QED) is 0.766. The van der Waals surface area contributed by atoms with E-state index in [-0.39, 0.29) is 18.1 Å². The molecule has 19 heavy (non-hydrogen) atoms. The van der Waals surface area contributed by atoms with E-state index in [2.05, 4.69) is 5.32 Å². The van der Waals surface area contributed by atoms with Crippen LogP contribution in [0.5, 0.6) is 0 Å². The summed E-state index contributed by atoms with van der Waals surface area (Å²) >= 11 is 0. The fraction of sp³-hybridized carbons (Fsp3) is 0.933. The minimum Gasteiger partial charge on any atom is -0.392 e. The molecule has 2 N–H and O–H groups in total. The summed E-state index contributed by atoms with van der Waals surface area (Å²) in [7, 11) is 0. The van der Waals surface area contributed by atoms with Crippen LogP contribution in [0.1, 0.15) is 57.8 Å². The zero-order chi connectivity index (χ0) is 13.5.